The third kappa shape index (κ3) is 3.16. The normalized spacial score (nSPS) is 12.3. The van der Waals surface area contributed by atoms with Gasteiger partial charge in [-0.15, -0.1) is 0 Å². The molecule has 0 aliphatic carbocycles. The highest BCUT2D eigenvalue weighted by Crippen LogP contribution is 2.20. The molecule has 0 saturated heterocycles. The second kappa shape index (κ2) is 5.07. The van der Waals surface area contributed by atoms with E-state index >= 15 is 0 Å². The second-order valence-corrected chi connectivity index (χ2v) is 3.27. The monoisotopic (exact) mass is 234 g/mol. The quantitative estimate of drug-likeness (QED) is 0.749. The second-order valence-electron chi connectivity index (χ2n) is 2.89. The zero-order valence-corrected chi connectivity index (χ0v) is 8.72. The minimum absolute atomic E-state index is 0.183. The molecule has 0 N–H and O–H groups in total. The standard InChI is InChI=1S/C10H9ClF2O2/c1-2-8(10(11)14)15-9-4-3-6(12)5-7(9)13/h3-5,8H,2H2,1H3/t8-/m0/s1. The summed E-state index contributed by atoms with van der Waals surface area (Å²) < 4.78 is 30.6. The molecule has 0 bridgehead atoms. The Morgan fingerprint density at radius 2 is 2.20 bits per heavy atom. The molecule has 1 aromatic carbocycles. The highest BCUT2D eigenvalue weighted by atomic mass is 35.5. The molecule has 5 heteroatoms. The van der Waals surface area contributed by atoms with Crippen LogP contribution in [0.4, 0.5) is 8.78 Å². The molecule has 1 atom stereocenters. The Labute approximate surface area is 90.8 Å². The van der Waals surface area contributed by atoms with Crippen molar-refractivity contribution in [2.24, 2.45) is 0 Å². The van der Waals surface area contributed by atoms with Crippen molar-refractivity contribution in [2.45, 2.75) is 19.4 Å². The maximum Gasteiger partial charge on any atom is 0.262 e. The van der Waals surface area contributed by atoms with Gasteiger partial charge in [-0.25, -0.2) is 8.78 Å². The van der Waals surface area contributed by atoms with E-state index in [1.165, 1.54) is 0 Å². The largest absolute Gasteiger partial charge is 0.478 e. The Bertz CT molecular complexity index is 368. The van der Waals surface area contributed by atoms with E-state index in [1.54, 1.807) is 6.92 Å². The van der Waals surface area contributed by atoms with Crippen LogP contribution in [0.5, 0.6) is 5.75 Å². The van der Waals surface area contributed by atoms with Crippen molar-refractivity contribution in [1.29, 1.82) is 0 Å². The van der Waals surface area contributed by atoms with Gasteiger partial charge in [0.2, 0.25) is 0 Å². The third-order valence-electron chi connectivity index (χ3n) is 1.79. The van der Waals surface area contributed by atoms with Crippen LogP contribution >= 0.6 is 11.6 Å². The summed E-state index contributed by atoms with van der Waals surface area (Å²) in [5.74, 6) is -1.74. The zero-order valence-electron chi connectivity index (χ0n) is 7.97. The van der Waals surface area contributed by atoms with Gasteiger partial charge in [0.05, 0.1) is 0 Å². The lowest BCUT2D eigenvalue weighted by molar-refractivity contribution is -0.118. The zero-order chi connectivity index (χ0) is 11.4. The van der Waals surface area contributed by atoms with Gasteiger partial charge in [-0.2, -0.15) is 0 Å². The predicted molar refractivity (Wildman–Crippen MR) is 51.9 cm³/mol. The minimum atomic E-state index is -0.911. The number of ether oxygens (including phenoxy) is 1. The summed E-state index contributed by atoms with van der Waals surface area (Å²) in [6.45, 7) is 1.67. The van der Waals surface area contributed by atoms with Crippen LogP contribution < -0.4 is 4.74 Å². The van der Waals surface area contributed by atoms with Crippen LogP contribution in [0.2, 0.25) is 0 Å². The third-order valence-corrected chi connectivity index (χ3v) is 2.03. The van der Waals surface area contributed by atoms with E-state index in [1.807, 2.05) is 0 Å². The van der Waals surface area contributed by atoms with Gasteiger partial charge in [0.25, 0.3) is 5.24 Å². The minimum Gasteiger partial charge on any atom is -0.478 e. The predicted octanol–water partition coefficient (Wildman–Crippen LogP) is 2.89. The van der Waals surface area contributed by atoms with Crippen molar-refractivity contribution in [3.63, 3.8) is 0 Å². The van der Waals surface area contributed by atoms with Crippen LogP contribution in [0, 0.1) is 11.6 Å². The van der Waals surface area contributed by atoms with Gasteiger partial charge in [-0.1, -0.05) is 6.92 Å². The molecule has 2 nitrogen and oxygen atoms in total. The summed E-state index contributed by atoms with van der Waals surface area (Å²) in [5.41, 5.74) is 0. The summed E-state index contributed by atoms with van der Waals surface area (Å²) in [6, 6.07) is 2.84. The smallest absolute Gasteiger partial charge is 0.262 e. The summed E-state index contributed by atoms with van der Waals surface area (Å²) in [6.07, 6.45) is -0.592. The molecule has 82 valence electrons. The highest BCUT2D eigenvalue weighted by Gasteiger charge is 2.17. The molecular weight excluding hydrogens is 226 g/mol. The Morgan fingerprint density at radius 1 is 1.53 bits per heavy atom. The van der Waals surface area contributed by atoms with Gasteiger partial charge in [-0.3, -0.25) is 4.79 Å². The first kappa shape index (κ1) is 11.9. The molecule has 0 unspecified atom stereocenters. The Kier molecular flexibility index (Phi) is 4.03. The van der Waals surface area contributed by atoms with E-state index in [0.717, 1.165) is 12.1 Å². The average molecular weight is 235 g/mol. The number of hydrogen-bond acceptors (Lipinski definition) is 2. The fraction of sp³-hybridized carbons (Fsp3) is 0.300. The van der Waals surface area contributed by atoms with Crippen LogP contribution in [-0.4, -0.2) is 11.3 Å². The Morgan fingerprint density at radius 3 is 2.67 bits per heavy atom. The van der Waals surface area contributed by atoms with E-state index in [4.69, 9.17) is 16.3 Å². The van der Waals surface area contributed by atoms with E-state index in [0.29, 0.717) is 12.5 Å². The van der Waals surface area contributed by atoms with Crippen LogP contribution in [0.25, 0.3) is 0 Å². The summed E-state index contributed by atoms with van der Waals surface area (Å²) >= 11 is 5.22. The van der Waals surface area contributed by atoms with Crippen LogP contribution in [-0.2, 0) is 4.79 Å². The van der Waals surface area contributed by atoms with Crippen molar-refractivity contribution in [3.8, 4) is 5.75 Å². The summed E-state index contributed by atoms with van der Waals surface area (Å²) in [7, 11) is 0. The lowest BCUT2D eigenvalue weighted by Crippen LogP contribution is -2.22. The van der Waals surface area contributed by atoms with Crippen molar-refractivity contribution in [2.75, 3.05) is 0 Å². The average Bonchev–Trinajstić information content (AvgIpc) is 2.16. The Balaban J connectivity index is 2.84. The number of hydrogen-bond donors (Lipinski definition) is 0. The van der Waals surface area contributed by atoms with E-state index in [9.17, 15) is 13.6 Å². The summed E-state index contributed by atoms with van der Waals surface area (Å²) in [5, 5.41) is -0.707. The number of benzene rings is 1. The molecule has 0 aromatic heterocycles. The molecule has 15 heavy (non-hydrogen) atoms. The number of rotatable bonds is 4. The molecule has 0 radical (unpaired) electrons. The molecular formula is C10H9ClF2O2. The first-order valence-electron chi connectivity index (χ1n) is 4.35. The summed E-state index contributed by atoms with van der Waals surface area (Å²) in [4.78, 5) is 10.8. The maximum absolute atomic E-state index is 13.1. The molecule has 0 aliphatic heterocycles. The molecule has 0 aliphatic rings. The maximum atomic E-state index is 13.1. The topological polar surface area (TPSA) is 26.3 Å². The number of carbonyl (C=O) groups is 1. The molecule has 0 saturated carbocycles. The highest BCUT2D eigenvalue weighted by molar-refractivity contribution is 6.64. The molecule has 0 spiro atoms. The molecule has 1 aromatic rings. The number of halogens is 3. The Hall–Kier alpha value is -1.16. The van der Waals surface area contributed by atoms with Crippen molar-refractivity contribution >= 4 is 16.8 Å². The van der Waals surface area contributed by atoms with Crippen LogP contribution in [0.1, 0.15) is 13.3 Å². The SMILES string of the molecule is CC[C@H](Oc1ccc(F)cc1F)C(=O)Cl. The van der Waals surface area contributed by atoms with E-state index in [2.05, 4.69) is 0 Å². The fourth-order valence-electron chi connectivity index (χ4n) is 1.01. The van der Waals surface area contributed by atoms with Gasteiger partial charge >= 0.3 is 0 Å². The fourth-order valence-corrected chi connectivity index (χ4v) is 1.21. The lowest BCUT2D eigenvalue weighted by atomic mass is 10.3. The van der Waals surface area contributed by atoms with Crippen molar-refractivity contribution < 1.29 is 18.3 Å². The van der Waals surface area contributed by atoms with E-state index < -0.39 is 23.0 Å². The van der Waals surface area contributed by atoms with Gasteiger partial charge < -0.3 is 4.74 Å². The van der Waals surface area contributed by atoms with Crippen molar-refractivity contribution in [3.05, 3.63) is 29.8 Å². The first-order valence-corrected chi connectivity index (χ1v) is 4.73. The van der Waals surface area contributed by atoms with E-state index in [-0.39, 0.29) is 5.75 Å². The first-order chi connectivity index (χ1) is 7.04. The van der Waals surface area contributed by atoms with Crippen LogP contribution in [0.15, 0.2) is 18.2 Å². The lowest BCUT2D eigenvalue weighted by Gasteiger charge is -2.13. The molecule has 0 heterocycles. The molecule has 1 rings (SSSR count). The van der Waals surface area contributed by atoms with Crippen molar-refractivity contribution in [1.82, 2.24) is 0 Å². The van der Waals surface area contributed by atoms with Gasteiger partial charge in [0, 0.05) is 6.07 Å². The van der Waals surface area contributed by atoms with Gasteiger partial charge in [0.1, 0.15) is 5.82 Å². The van der Waals surface area contributed by atoms with Gasteiger partial charge in [-0.05, 0) is 30.2 Å². The van der Waals surface area contributed by atoms with Crippen LogP contribution in [0.3, 0.4) is 0 Å². The molecule has 0 fully saturated rings. The number of carbonyl (C=O) groups excluding carboxylic acids is 1. The van der Waals surface area contributed by atoms with Gasteiger partial charge in [0.15, 0.2) is 17.7 Å². The molecule has 0 amide bonds.